The standard InChI is InChI=1S/C63H102O12S/c1-3-5-7-9-11-13-15-17-19-21-23-25-27-29-30-32-34-36-38-40-42-44-46-48-50-52-59(65)73-57(56-72-63-61(67)62(75-76(68,69)70)60(66)58(54-64)74-63)55-71-53-51-49-47-45-43-41-39-37-35-33-31-28-26-24-22-20-18-16-14-12-10-8-6-4-2/h5-8,11-14,17-20,23-26,29-30,34,36,40,42,57-58,60-64,66-67H,3-4,9-10,15-16,21-22,27-28,31-33,35,37-39,41,43-56H2,1-2H3,(H,68,69,70)/b7-5-,8-6-,13-11-,14-12-,19-17-,20-18-,25-23-,26-24-,30-29-,36-34-,42-40-. The van der Waals surface area contributed by atoms with Crippen molar-refractivity contribution in [2.45, 2.75) is 230 Å². The van der Waals surface area contributed by atoms with Crippen LogP contribution in [0.5, 0.6) is 0 Å². The van der Waals surface area contributed by atoms with Crippen LogP contribution < -0.4 is 0 Å². The number of ether oxygens (including phenoxy) is 4. The number of unbranched alkanes of at least 4 members (excludes halogenated alkanes) is 14. The molecule has 76 heavy (non-hydrogen) atoms. The molecule has 432 valence electrons. The van der Waals surface area contributed by atoms with E-state index in [1.54, 1.807) is 0 Å². The Morgan fingerprint density at radius 3 is 1.26 bits per heavy atom. The van der Waals surface area contributed by atoms with E-state index in [1.165, 1.54) is 51.4 Å². The minimum atomic E-state index is -5.08. The van der Waals surface area contributed by atoms with Crippen LogP contribution in [0.25, 0.3) is 0 Å². The molecule has 6 atom stereocenters. The normalized spacial score (nSPS) is 19.6. The minimum absolute atomic E-state index is 0.0105. The second kappa shape index (κ2) is 52.0. The van der Waals surface area contributed by atoms with E-state index in [1.807, 2.05) is 0 Å². The van der Waals surface area contributed by atoms with Gasteiger partial charge in [0, 0.05) is 13.0 Å². The molecule has 1 aliphatic heterocycles. The average Bonchev–Trinajstić information content (AvgIpc) is 3.40. The van der Waals surface area contributed by atoms with E-state index in [0.29, 0.717) is 13.0 Å². The van der Waals surface area contributed by atoms with Crippen molar-refractivity contribution < 1.29 is 56.2 Å². The second-order valence-electron chi connectivity index (χ2n) is 19.1. The first-order chi connectivity index (χ1) is 37.1. The zero-order chi connectivity index (χ0) is 55.3. The number of hydrogen-bond donors (Lipinski definition) is 4. The van der Waals surface area contributed by atoms with Gasteiger partial charge in [0.1, 0.15) is 30.5 Å². The molecule has 0 aromatic heterocycles. The molecule has 13 heteroatoms. The maximum atomic E-state index is 13.0. The van der Waals surface area contributed by atoms with Crippen LogP contribution in [0.3, 0.4) is 0 Å². The molecule has 0 aromatic rings. The van der Waals surface area contributed by atoms with Gasteiger partial charge in [-0.1, -0.05) is 212 Å². The van der Waals surface area contributed by atoms with Gasteiger partial charge >= 0.3 is 16.4 Å². The smallest absolute Gasteiger partial charge is 0.397 e. The fourth-order valence-electron chi connectivity index (χ4n) is 8.00. The van der Waals surface area contributed by atoms with Crippen molar-refractivity contribution in [3.63, 3.8) is 0 Å². The van der Waals surface area contributed by atoms with Crippen molar-refractivity contribution in [2.24, 2.45) is 0 Å². The third-order valence-electron chi connectivity index (χ3n) is 12.3. The van der Waals surface area contributed by atoms with Crippen LogP contribution in [0.15, 0.2) is 134 Å². The van der Waals surface area contributed by atoms with E-state index in [9.17, 15) is 33.1 Å². The lowest BCUT2D eigenvalue weighted by Crippen LogP contribution is -2.60. The van der Waals surface area contributed by atoms with Crippen LogP contribution in [0.1, 0.15) is 194 Å². The lowest BCUT2D eigenvalue weighted by Gasteiger charge is -2.41. The molecule has 1 fully saturated rings. The Hall–Kier alpha value is -3.76. The molecule has 0 bridgehead atoms. The summed E-state index contributed by atoms with van der Waals surface area (Å²) in [5.74, 6) is -0.437. The van der Waals surface area contributed by atoms with Gasteiger partial charge in [-0.25, -0.2) is 4.18 Å². The quantitative estimate of drug-likeness (QED) is 0.0196. The highest BCUT2D eigenvalue weighted by Crippen LogP contribution is 2.26. The Morgan fingerprint density at radius 2 is 0.868 bits per heavy atom. The van der Waals surface area contributed by atoms with Crippen molar-refractivity contribution in [1.82, 2.24) is 0 Å². The molecule has 12 nitrogen and oxygen atoms in total. The molecule has 0 radical (unpaired) electrons. The number of carbonyl (C=O) groups excluding carboxylic acids is 1. The highest BCUT2D eigenvalue weighted by Gasteiger charge is 2.48. The van der Waals surface area contributed by atoms with Crippen LogP contribution >= 0.6 is 0 Å². The summed E-state index contributed by atoms with van der Waals surface area (Å²) in [6.07, 6.45) is 67.7. The van der Waals surface area contributed by atoms with Crippen molar-refractivity contribution in [2.75, 3.05) is 26.4 Å². The Morgan fingerprint density at radius 1 is 0.500 bits per heavy atom. The molecule has 1 aliphatic rings. The average molecular weight is 1080 g/mol. The van der Waals surface area contributed by atoms with Crippen LogP contribution in [0.4, 0.5) is 0 Å². The van der Waals surface area contributed by atoms with Gasteiger partial charge in [0.15, 0.2) is 6.29 Å². The molecule has 6 unspecified atom stereocenters. The summed E-state index contributed by atoms with van der Waals surface area (Å²) in [5, 5.41) is 30.9. The van der Waals surface area contributed by atoms with Gasteiger partial charge in [0.25, 0.3) is 0 Å². The third kappa shape index (κ3) is 44.2. The number of aliphatic hydroxyl groups excluding tert-OH is 3. The summed E-state index contributed by atoms with van der Waals surface area (Å²) in [7, 11) is -5.08. The lowest BCUT2D eigenvalue weighted by molar-refractivity contribution is -0.301. The molecule has 4 N–H and O–H groups in total. The molecule has 1 rings (SSSR count). The Bertz CT molecular complexity index is 1820. The Balaban J connectivity index is 2.35. The molecule has 1 heterocycles. The molecular weight excluding hydrogens is 981 g/mol. The van der Waals surface area contributed by atoms with Gasteiger partial charge < -0.3 is 34.3 Å². The predicted molar refractivity (Wildman–Crippen MR) is 312 cm³/mol. The molecule has 0 aliphatic carbocycles. The van der Waals surface area contributed by atoms with E-state index in [2.05, 4.69) is 152 Å². The summed E-state index contributed by atoms with van der Waals surface area (Å²) in [5.41, 5.74) is 0. The number of rotatable bonds is 49. The molecule has 0 aromatic carbocycles. The molecule has 0 saturated carbocycles. The van der Waals surface area contributed by atoms with Crippen LogP contribution in [-0.4, -0.2) is 97.5 Å². The monoisotopic (exact) mass is 1080 g/mol. The summed E-state index contributed by atoms with van der Waals surface area (Å²) in [6, 6.07) is 0. The summed E-state index contributed by atoms with van der Waals surface area (Å²) >= 11 is 0. The summed E-state index contributed by atoms with van der Waals surface area (Å²) < 4.78 is 59.4. The largest absolute Gasteiger partial charge is 0.457 e. The van der Waals surface area contributed by atoms with E-state index in [4.69, 9.17) is 18.9 Å². The fourth-order valence-corrected chi connectivity index (χ4v) is 8.51. The molecular formula is C63H102O12S. The lowest BCUT2D eigenvalue weighted by atomic mass is 9.99. The van der Waals surface area contributed by atoms with Crippen molar-refractivity contribution in [3.05, 3.63) is 134 Å². The zero-order valence-electron chi connectivity index (χ0n) is 46.8. The Labute approximate surface area is 461 Å². The van der Waals surface area contributed by atoms with E-state index in [0.717, 1.165) is 116 Å². The number of allylic oxidation sites excluding steroid dienone is 22. The minimum Gasteiger partial charge on any atom is -0.457 e. The SMILES string of the molecule is CC/C=C\C/C=C\C/C=C\C/C=C\C/C=C\C/C=C\C/C=C\CCCCCC(=O)OC(COCCCCCCCCCCCCC/C=C\C/C=C\C/C=C\C/C=C\CC)COC1OC(CO)C(O)C(OS(=O)(=O)O)C1O. The molecule has 1 saturated heterocycles. The van der Waals surface area contributed by atoms with Gasteiger partial charge in [-0.3, -0.25) is 9.35 Å². The van der Waals surface area contributed by atoms with Gasteiger partial charge in [-0.15, -0.1) is 0 Å². The van der Waals surface area contributed by atoms with Crippen LogP contribution in [0, 0.1) is 0 Å². The zero-order valence-corrected chi connectivity index (χ0v) is 47.6. The van der Waals surface area contributed by atoms with E-state index < -0.39 is 59.8 Å². The van der Waals surface area contributed by atoms with Crippen molar-refractivity contribution in [3.8, 4) is 0 Å². The second-order valence-corrected chi connectivity index (χ2v) is 20.2. The topological polar surface area (TPSA) is 178 Å². The van der Waals surface area contributed by atoms with Crippen molar-refractivity contribution in [1.29, 1.82) is 0 Å². The number of esters is 1. The number of hydrogen-bond acceptors (Lipinski definition) is 11. The van der Waals surface area contributed by atoms with Gasteiger partial charge in [0.05, 0.1) is 19.8 Å². The first-order valence-electron chi connectivity index (χ1n) is 28.9. The molecule has 0 spiro atoms. The number of carbonyl (C=O) groups is 1. The first kappa shape index (κ1) is 70.3. The highest BCUT2D eigenvalue weighted by molar-refractivity contribution is 7.80. The maximum Gasteiger partial charge on any atom is 0.397 e. The van der Waals surface area contributed by atoms with E-state index in [-0.39, 0.29) is 19.6 Å². The Kier molecular flexibility index (Phi) is 48.0. The highest BCUT2D eigenvalue weighted by atomic mass is 32.3. The number of aliphatic hydroxyl groups is 3. The molecule has 0 amide bonds. The van der Waals surface area contributed by atoms with Gasteiger partial charge in [-0.05, 0) is 109 Å². The van der Waals surface area contributed by atoms with Crippen LogP contribution in [0.2, 0.25) is 0 Å². The first-order valence-corrected chi connectivity index (χ1v) is 30.3. The fraction of sp³-hybridized carbons (Fsp3) is 0.635. The van der Waals surface area contributed by atoms with E-state index >= 15 is 0 Å². The van der Waals surface area contributed by atoms with Gasteiger partial charge in [-0.2, -0.15) is 8.42 Å². The van der Waals surface area contributed by atoms with Crippen LogP contribution in [-0.2, 0) is 38.3 Å². The van der Waals surface area contributed by atoms with Gasteiger partial charge in [0.2, 0.25) is 0 Å². The maximum absolute atomic E-state index is 13.0. The summed E-state index contributed by atoms with van der Waals surface area (Å²) in [4.78, 5) is 13.0. The summed E-state index contributed by atoms with van der Waals surface area (Å²) in [6.45, 7) is 3.71. The predicted octanol–water partition coefficient (Wildman–Crippen LogP) is 14.6. The van der Waals surface area contributed by atoms with Crippen molar-refractivity contribution >= 4 is 16.4 Å². The third-order valence-corrected chi connectivity index (χ3v) is 12.7.